The maximum Gasteiger partial charge on any atom is 0.258 e. The van der Waals surface area contributed by atoms with Crippen molar-refractivity contribution in [3.8, 4) is 0 Å². The van der Waals surface area contributed by atoms with E-state index in [4.69, 9.17) is 0 Å². The Hall–Kier alpha value is -2.44. The Labute approximate surface area is 129 Å². The number of aryl methyl sites for hydroxylation is 1. The van der Waals surface area contributed by atoms with Crippen LogP contribution in [0.25, 0.3) is 0 Å². The maximum atomic E-state index is 12.3. The number of rotatable bonds is 3. The zero-order valence-electron chi connectivity index (χ0n) is 12.9. The molecule has 2 aromatic heterocycles. The molecular weight excluding hydrogens is 280 g/mol. The van der Waals surface area contributed by atoms with Gasteiger partial charge in [-0.15, -0.1) is 10.2 Å². The number of piperidine rings is 1. The van der Waals surface area contributed by atoms with Crippen molar-refractivity contribution in [2.45, 2.75) is 19.8 Å². The van der Waals surface area contributed by atoms with Gasteiger partial charge in [-0.25, -0.2) is 4.98 Å². The zero-order chi connectivity index (χ0) is 15.5. The van der Waals surface area contributed by atoms with Crippen LogP contribution in [-0.2, 0) is 7.05 Å². The second-order valence-electron chi connectivity index (χ2n) is 5.82. The summed E-state index contributed by atoms with van der Waals surface area (Å²) in [6.07, 6.45) is 5.64. The highest BCUT2D eigenvalue weighted by atomic mass is 16.1. The van der Waals surface area contributed by atoms with Gasteiger partial charge in [0, 0.05) is 31.9 Å². The van der Waals surface area contributed by atoms with Crippen LogP contribution >= 0.6 is 0 Å². The maximum absolute atomic E-state index is 12.3. The molecule has 1 saturated heterocycles. The predicted octanol–water partition coefficient (Wildman–Crippen LogP) is 1.70. The smallest absolute Gasteiger partial charge is 0.258 e. The minimum absolute atomic E-state index is 0.204. The zero-order valence-corrected chi connectivity index (χ0v) is 12.9. The van der Waals surface area contributed by atoms with Crippen molar-refractivity contribution in [1.82, 2.24) is 19.7 Å². The third-order valence-electron chi connectivity index (χ3n) is 3.93. The fraction of sp³-hybridized carbons (Fsp3) is 0.467. The molecular formula is C15H20N6O. The standard InChI is InChI=1S/C15H20N6O/c1-11-4-3-7-21(9-11)13-8-12(5-6-16-13)14(22)18-15-19-17-10-20(15)2/h5-6,8,10-11H,3-4,7,9H2,1-2H3,(H,18,19,22). The molecule has 7 nitrogen and oxygen atoms in total. The van der Waals surface area contributed by atoms with Crippen molar-refractivity contribution in [2.75, 3.05) is 23.3 Å². The molecule has 3 rings (SSSR count). The van der Waals surface area contributed by atoms with Crippen LogP contribution in [0.15, 0.2) is 24.7 Å². The van der Waals surface area contributed by atoms with Gasteiger partial charge in [0.2, 0.25) is 5.95 Å². The van der Waals surface area contributed by atoms with Gasteiger partial charge in [0.15, 0.2) is 0 Å². The Bertz CT molecular complexity index is 668. The van der Waals surface area contributed by atoms with Crippen molar-refractivity contribution in [3.05, 3.63) is 30.2 Å². The summed E-state index contributed by atoms with van der Waals surface area (Å²) < 4.78 is 1.66. The first-order chi connectivity index (χ1) is 10.6. The molecule has 0 bridgehead atoms. The van der Waals surface area contributed by atoms with E-state index in [2.05, 4.69) is 32.3 Å². The first-order valence-electron chi connectivity index (χ1n) is 7.50. The van der Waals surface area contributed by atoms with Gasteiger partial charge in [0.25, 0.3) is 5.91 Å². The summed E-state index contributed by atoms with van der Waals surface area (Å²) in [6.45, 7) is 4.23. The molecule has 0 spiro atoms. The van der Waals surface area contributed by atoms with E-state index in [1.165, 1.54) is 6.42 Å². The largest absolute Gasteiger partial charge is 0.356 e. The van der Waals surface area contributed by atoms with Crippen LogP contribution in [0.4, 0.5) is 11.8 Å². The Balaban J connectivity index is 1.76. The Morgan fingerprint density at radius 2 is 2.32 bits per heavy atom. The lowest BCUT2D eigenvalue weighted by atomic mass is 10.0. The van der Waals surface area contributed by atoms with Crippen LogP contribution < -0.4 is 10.2 Å². The molecule has 1 aliphatic heterocycles. The van der Waals surface area contributed by atoms with E-state index in [1.54, 1.807) is 30.2 Å². The van der Waals surface area contributed by atoms with Crippen LogP contribution in [0, 0.1) is 5.92 Å². The molecule has 1 N–H and O–H groups in total. The summed E-state index contributed by atoms with van der Waals surface area (Å²) >= 11 is 0. The summed E-state index contributed by atoms with van der Waals surface area (Å²) in [6, 6.07) is 3.55. The third kappa shape index (κ3) is 3.08. The molecule has 1 atom stereocenters. The Morgan fingerprint density at radius 3 is 3.05 bits per heavy atom. The number of carbonyl (C=O) groups excluding carboxylic acids is 1. The minimum atomic E-state index is -0.204. The minimum Gasteiger partial charge on any atom is -0.356 e. The number of carbonyl (C=O) groups is 1. The molecule has 0 saturated carbocycles. The van der Waals surface area contributed by atoms with Gasteiger partial charge in [-0.1, -0.05) is 6.92 Å². The number of nitrogens with zero attached hydrogens (tertiary/aromatic N) is 5. The second kappa shape index (κ2) is 6.13. The highest BCUT2D eigenvalue weighted by Gasteiger charge is 2.19. The number of amides is 1. The molecule has 0 aliphatic carbocycles. The van der Waals surface area contributed by atoms with Gasteiger partial charge in [-0.3, -0.25) is 10.1 Å². The highest BCUT2D eigenvalue weighted by molar-refractivity contribution is 6.03. The lowest BCUT2D eigenvalue weighted by Crippen LogP contribution is -2.34. The topological polar surface area (TPSA) is 75.9 Å². The molecule has 0 radical (unpaired) electrons. The van der Waals surface area contributed by atoms with E-state index in [9.17, 15) is 4.79 Å². The molecule has 1 fully saturated rings. The van der Waals surface area contributed by atoms with Crippen molar-refractivity contribution >= 4 is 17.7 Å². The first-order valence-corrected chi connectivity index (χ1v) is 7.50. The molecule has 2 aromatic rings. The molecule has 22 heavy (non-hydrogen) atoms. The summed E-state index contributed by atoms with van der Waals surface area (Å²) in [5, 5.41) is 10.4. The van der Waals surface area contributed by atoms with Gasteiger partial charge in [-0.05, 0) is 30.9 Å². The van der Waals surface area contributed by atoms with E-state index in [0.29, 0.717) is 17.4 Å². The average Bonchev–Trinajstić information content (AvgIpc) is 2.92. The van der Waals surface area contributed by atoms with Crippen molar-refractivity contribution in [2.24, 2.45) is 13.0 Å². The predicted molar refractivity (Wildman–Crippen MR) is 83.8 cm³/mol. The third-order valence-corrected chi connectivity index (χ3v) is 3.93. The number of hydrogen-bond donors (Lipinski definition) is 1. The van der Waals surface area contributed by atoms with E-state index in [1.807, 2.05) is 6.07 Å². The molecule has 1 aliphatic rings. The van der Waals surface area contributed by atoms with E-state index in [-0.39, 0.29) is 5.91 Å². The van der Waals surface area contributed by atoms with Gasteiger partial charge >= 0.3 is 0 Å². The quantitative estimate of drug-likeness (QED) is 0.933. The van der Waals surface area contributed by atoms with Crippen LogP contribution in [0.3, 0.4) is 0 Å². The van der Waals surface area contributed by atoms with E-state index >= 15 is 0 Å². The van der Waals surface area contributed by atoms with Gasteiger partial charge in [0.1, 0.15) is 12.1 Å². The molecule has 1 unspecified atom stereocenters. The number of aromatic nitrogens is 4. The molecule has 3 heterocycles. The SMILES string of the molecule is CC1CCCN(c2cc(C(=O)Nc3nncn3C)ccn2)C1. The lowest BCUT2D eigenvalue weighted by Gasteiger charge is -2.31. The van der Waals surface area contributed by atoms with E-state index in [0.717, 1.165) is 25.3 Å². The average molecular weight is 300 g/mol. The van der Waals surface area contributed by atoms with Gasteiger partial charge in [0.05, 0.1) is 0 Å². The number of nitrogens with one attached hydrogen (secondary N) is 1. The van der Waals surface area contributed by atoms with Gasteiger partial charge < -0.3 is 9.47 Å². The summed E-state index contributed by atoms with van der Waals surface area (Å²) in [4.78, 5) is 19.0. The molecule has 1 amide bonds. The summed E-state index contributed by atoms with van der Waals surface area (Å²) in [5.41, 5.74) is 0.575. The molecule has 116 valence electrons. The van der Waals surface area contributed by atoms with Gasteiger partial charge in [-0.2, -0.15) is 0 Å². The first kappa shape index (κ1) is 14.5. The Kier molecular flexibility index (Phi) is 4.04. The van der Waals surface area contributed by atoms with Crippen molar-refractivity contribution in [1.29, 1.82) is 0 Å². The van der Waals surface area contributed by atoms with Crippen molar-refractivity contribution < 1.29 is 4.79 Å². The monoisotopic (exact) mass is 300 g/mol. The fourth-order valence-corrected chi connectivity index (χ4v) is 2.70. The van der Waals surface area contributed by atoms with E-state index < -0.39 is 0 Å². The van der Waals surface area contributed by atoms with Crippen LogP contribution in [0.5, 0.6) is 0 Å². The number of anilines is 2. The van der Waals surface area contributed by atoms with Crippen LogP contribution in [0.2, 0.25) is 0 Å². The number of hydrogen-bond acceptors (Lipinski definition) is 5. The fourth-order valence-electron chi connectivity index (χ4n) is 2.70. The van der Waals surface area contributed by atoms with Crippen LogP contribution in [-0.4, -0.2) is 38.7 Å². The molecule has 0 aromatic carbocycles. The summed E-state index contributed by atoms with van der Waals surface area (Å²) in [7, 11) is 1.78. The second-order valence-corrected chi connectivity index (χ2v) is 5.82. The highest BCUT2D eigenvalue weighted by Crippen LogP contribution is 2.22. The molecule has 7 heteroatoms. The summed E-state index contributed by atoms with van der Waals surface area (Å²) in [5.74, 6) is 1.74. The normalized spacial score (nSPS) is 18.3. The number of pyridine rings is 1. The lowest BCUT2D eigenvalue weighted by molar-refractivity contribution is 0.102. The Morgan fingerprint density at radius 1 is 1.45 bits per heavy atom. The van der Waals surface area contributed by atoms with Crippen molar-refractivity contribution in [3.63, 3.8) is 0 Å². The van der Waals surface area contributed by atoms with Crippen LogP contribution in [0.1, 0.15) is 30.1 Å².